The van der Waals surface area contributed by atoms with Crippen LogP contribution in [-0.4, -0.2) is 4.57 Å². The molecule has 33 heavy (non-hydrogen) atoms. The molecule has 0 saturated heterocycles. The van der Waals surface area contributed by atoms with Gasteiger partial charge in [0.05, 0.1) is 17.9 Å². The molecule has 1 atom stereocenters. The molecule has 2 heterocycles. The Morgan fingerprint density at radius 3 is 2.21 bits per heavy atom. The Labute approximate surface area is 199 Å². The molecule has 1 aliphatic rings. The van der Waals surface area contributed by atoms with Gasteiger partial charge in [0, 0.05) is 32.4 Å². The highest BCUT2D eigenvalue weighted by Gasteiger charge is 2.40. The lowest BCUT2D eigenvalue weighted by Gasteiger charge is -2.16. The maximum absolute atomic E-state index is 15.0. The Balaban J connectivity index is 1.66. The first-order chi connectivity index (χ1) is 18.3. The van der Waals surface area contributed by atoms with E-state index in [1.165, 1.54) is 0 Å². The van der Waals surface area contributed by atoms with E-state index in [2.05, 4.69) is 0 Å². The van der Waals surface area contributed by atoms with E-state index in [0.29, 0.717) is 11.0 Å². The first-order valence-electron chi connectivity index (χ1n) is 13.2. The number of hydrogen-bond acceptors (Lipinski definition) is 1. The molecule has 0 N–H and O–H groups in total. The van der Waals surface area contributed by atoms with E-state index in [4.69, 9.17) is 6.85 Å². The topological polar surface area (TPSA) is 22.0 Å². The molecule has 0 aliphatic carbocycles. The molecule has 1 unspecified atom stereocenters. The summed E-state index contributed by atoms with van der Waals surface area (Å²) >= 11 is 0. The molecule has 1 aromatic heterocycles. The number of hydrogen-bond donors (Lipinski definition) is 0. The first kappa shape index (κ1) is 14.3. The third-order valence-corrected chi connectivity index (χ3v) is 9.64. The van der Waals surface area contributed by atoms with Crippen LogP contribution >= 0.6 is 7.14 Å². The van der Waals surface area contributed by atoms with Gasteiger partial charge in [-0.25, -0.2) is 0 Å². The maximum Gasteiger partial charge on any atom is 0.172 e. The lowest BCUT2D eigenvalue weighted by atomic mass is 10.0. The van der Waals surface area contributed by atoms with Crippen molar-refractivity contribution in [2.45, 2.75) is 0 Å². The van der Waals surface area contributed by atoms with Crippen LogP contribution in [0.25, 0.3) is 38.6 Å². The summed E-state index contributed by atoms with van der Waals surface area (Å²) in [6.45, 7) is 0. The van der Waals surface area contributed by atoms with E-state index in [1.54, 1.807) is 4.57 Å². The monoisotopic (exact) mass is 446 g/mol. The van der Waals surface area contributed by atoms with E-state index >= 15 is 4.57 Å². The highest BCUT2D eigenvalue weighted by Crippen LogP contribution is 2.53. The zero-order valence-electron chi connectivity index (χ0n) is 22.5. The fourth-order valence-corrected chi connectivity index (χ4v) is 8.17. The van der Waals surface area contributed by atoms with Crippen molar-refractivity contribution in [1.82, 2.24) is 4.57 Å². The standard InChI is InChI=1S/C30H20NOP/c32-33(22-13-5-2-6-14-22)29-18-10-8-16-24(29)26-19-28-25(20-30(26)33)23-15-7-9-17-27(23)31(28)21-11-3-1-4-12-21/h1-20H/i1D,3D,4D,11D,12D. The predicted molar refractivity (Wildman–Crippen MR) is 139 cm³/mol. The summed E-state index contributed by atoms with van der Waals surface area (Å²) < 4.78 is 58.7. The van der Waals surface area contributed by atoms with Gasteiger partial charge in [0.25, 0.3) is 0 Å². The fourth-order valence-electron chi connectivity index (χ4n) is 5.10. The van der Waals surface area contributed by atoms with Gasteiger partial charge in [-0.05, 0) is 41.4 Å². The predicted octanol–water partition coefficient (Wildman–Crippen LogP) is 6.40. The van der Waals surface area contributed by atoms with Gasteiger partial charge in [-0.15, -0.1) is 0 Å². The second kappa shape index (κ2) is 6.81. The van der Waals surface area contributed by atoms with Crippen LogP contribution in [0.5, 0.6) is 0 Å². The number of para-hydroxylation sites is 2. The number of fused-ring (bicyclic) bond motifs is 6. The molecule has 0 amide bonds. The van der Waals surface area contributed by atoms with Crippen molar-refractivity contribution in [1.29, 1.82) is 0 Å². The van der Waals surface area contributed by atoms with Crippen molar-refractivity contribution < 1.29 is 11.4 Å². The molecule has 0 fully saturated rings. The van der Waals surface area contributed by atoms with E-state index in [1.807, 2.05) is 91.0 Å². The zero-order chi connectivity index (χ0) is 26.3. The van der Waals surface area contributed by atoms with Crippen LogP contribution in [0.3, 0.4) is 0 Å². The number of rotatable bonds is 2. The van der Waals surface area contributed by atoms with Gasteiger partial charge in [0.1, 0.15) is 0 Å². The molecule has 0 spiro atoms. The van der Waals surface area contributed by atoms with Gasteiger partial charge in [-0.2, -0.15) is 0 Å². The van der Waals surface area contributed by atoms with E-state index in [-0.39, 0.29) is 29.9 Å². The third kappa shape index (κ3) is 2.47. The molecule has 156 valence electrons. The summed E-state index contributed by atoms with van der Waals surface area (Å²) in [5.74, 6) is 0. The largest absolute Gasteiger partial charge is 0.309 e. The highest BCUT2D eigenvalue weighted by molar-refractivity contribution is 7.86. The summed E-state index contributed by atoms with van der Waals surface area (Å²) in [7, 11) is -3.16. The van der Waals surface area contributed by atoms with Crippen molar-refractivity contribution in [3.63, 3.8) is 0 Å². The quantitative estimate of drug-likeness (QED) is 0.282. The molecule has 0 radical (unpaired) electrons. The molecule has 7 rings (SSSR count). The number of benzene rings is 5. The highest BCUT2D eigenvalue weighted by atomic mass is 31.2. The summed E-state index contributed by atoms with van der Waals surface area (Å²) in [6.07, 6.45) is 0. The lowest BCUT2D eigenvalue weighted by molar-refractivity contribution is 0.593. The van der Waals surface area contributed by atoms with Gasteiger partial charge in [0.2, 0.25) is 0 Å². The van der Waals surface area contributed by atoms with Gasteiger partial charge in [-0.1, -0.05) is 90.9 Å². The van der Waals surface area contributed by atoms with Gasteiger partial charge in [0.15, 0.2) is 7.14 Å². The lowest BCUT2D eigenvalue weighted by Crippen LogP contribution is -2.20. The molecule has 1 aliphatic heterocycles. The van der Waals surface area contributed by atoms with Gasteiger partial charge in [-0.3, -0.25) is 0 Å². The smallest absolute Gasteiger partial charge is 0.172 e. The Morgan fingerprint density at radius 2 is 1.36 bits per heavy atom. The van der Waals surface area contributed by atoms with E-state index in [9.17, 15) is 0 Å². The summed E-state index contributed by atoms with van der Waals surface area (Å²) in [5, 5.41) is 3.97. The average Bonchev–Trinajstić information content (AvgIpc) is 3.41. The van der Waals surface area contributed by atoms with Crippen LogP contribution in [-0.2, 0) is 4.57 Å². The van der Waals surface area contributed by atoms with Gasteiger partial charge < -0.3 is 9.13 Å². The SMILES string of the molecule is [2H]c1c([2H])c([2H])c(-n2c3ccccc3c3cc4c(cc32)-c2ccccc2P4(=O)c2ccccc2)c([2H])c1[2H]. The van der Waals surface area contributed by atoms with Crippen LogP contribution in [0, 0.1) is 0 Å². The molecular weight excluding hydrogens is 421 g/mol. The second-order valence-corrected chi connectivity index (χ2v) is 10.9. The Morgan fingerprint density at radius 1 is 0.636 bits per heavy atom. The molecule has 5 aromatic carbocycles. The van der Waals surface area contributed by atoms with Crippen molar-refractivity contribution in [2.24, 2.45) is 0 Å². The molecule has 2 nitrogen and oxygen atoms in total. The number of aromatic nitrogens is 1. The average molecular weight is 447 g/mol. The zero-order valence-corrected chi connectivity index (χ0v) is 18.4. The minimum atomic E-state index is -3.16. The Bertz CT molecular complexity index is 1990. The van der Waals surface area contributed by atoms with Crippen LogP contribution in [0.15, 0.2) is 121 Å². The summed E-state index contributed by atoms with van der Waals surface area (Å²) in [5.41, 5.74) is 3.22. The molecular formula is C30H20NOP. The Hall–Kier alpha value is -3.87. The van der Waals surface area contributed by atoms with Crippen molar-refractivity contribution >= 4 is 44.9 Å². The third-order valence-electron chi connectivity index (χ3n) is 6.49. The van der Waals surface area contributed by atoms with E-state index < -0.39 is 13.2 Å². The second-order valence-electron chi connectivity index (χ2n) is 8.17. The fraction of sp³-hybridized carbons (Fsp3) is 0. The first-order valence-corrected chi connectivity index (χ1v) is 12.5. The van der Waals surface area contributed by atoms with Crippen molar-refractivity contribution in [2.75, 3.05) is 0 Å². The van der Waals surface area contributed by atoms with Crippen molar-refractivity contribution in [3.8, 4) is 16.8 Å². The number of nitrogens with zero attached hydrogens (tertiary/aromatic N) is 1. The van der Waals surface area contributed by atoms with Crippen LogP contribution in [0.1, 0.15) is 6.85 Å². The van der Waals surface area contributed by atoms with Crippen LogP contribution < -0.4 is 15.9 Å². The molecule has 0 saturated carbocycles. The molecule has 3 heteroatoms. The maximum atomic E-state index is 15.0. The summed E-state index contributed by atoms with van der Waals surface area (Å²) in [6, 6.07) is 27.1. The minimum Gasteiger partial charge on any atom is -0.309 e. The van der Waals surface area contributed by atoms with Crippen molar-refractivity contribution in [3.05, 3.63) is 121 Å². The summed E-state index contributed by atoms with van der Waals surface area (Å²) in [4.78, 5) is 0. The molecule has 6 aromatic rings. The van der Waals surface area contributed by atoms with Gasteiger partial charge >= 0.3 is 0 Å². The minimum absolute atomic E-state index is 0.0969. The van der Waals surface area contributed by atoms with E-state index in [0.717, 1.165) is 37.8 Å². The van der Waals surface area contributed by atoms with Crippen LogP contribution in [0.4, 0.5) is 0 Å². The van der Waals surface area contributed by atoms with Crippen LogP contribution in [0.2, 0.25) is 0 Å². The Kier molecular flexibility index (Phi) is 2.95. The molecule has 0 bridgehead atoms. The normalized spacial score (nSPS) is 18.8.